The molecule has 5 heteroatoms. The number of aryl methyl sites for hydroxylation is 1. The second kappa shape index (κ2) is 8.01. The van der Waals surface area contributed by atoms with Crippen LogP contribution in [0.2, 0.25) is 0 Å². The Morgan fingerprint density at radius 3 is 2.87 bits per heavy atom. The Balaban J connectivity index is 1.20. The highest BCUT2D eigenvalue weighted by atomic mass is 16.5. The average molecular weight is 402 g/mol. The maximum Gasteiger partial charge on any atom is 0.128 e. The molecular weight excluding hydrogens is 374 g/mol. The predicted octanol–water partition coefficient (Wildman–Crippen LogP) is 4.49. The minimum Gasteiger partial charge on any atom is -0.490 e. The van der Waals surface area contributed by atoms with Gasteiger partial charge in [-0.2, -0.15) is 0 Å². The number of nitrogens with one attached hydrogen (secondary N) is 2. The normalized spacial score (nSPS) is 16.1. The number of fused-ring (bicyclic) bond motifs is 2. The van der Waals surface area contributed by atoms with Crippen molar-refractivity contribution in [1.82, 2.24) is 14.9 Å². The van der Waals surface area contributed by atoms with E-state index in [4.69, 9.17) is 4.74 Å². The average Bonchev–Trinajstić information content (AvgIpc) is 3.41. The lowest BCUT2D eigenvalue weighted by molar-refractivity contribution is 0.0722. The largest absolute Gasteiger partial charge is 0.490 e. The molecule has 3 N–H and O–H groups in total. The fraction of sp³-hybridized carbons (Fsp3) is 0.280. The molecule has 30 heavy (non-hydrogen) atoms. The lowest BCUT2D eigenvalue weighted by Crippen LogP contribution is -2.38. The molecule has 5 nitrogen and oxygen atoms in total. The van der Waals surface area contributed by atoms with Gasteiger partial charge in [-0.05, 0) is 42.7 Å². The van der Waals surface area contributed by atoms with Crippen molar-refractivity contribution in [3.05, 3.63) is 72.1 Å². The van der Waals surface area contributed by atoms with Crippen LogP contribution < -0.4 is 4.74 Å². The molecule has 1 aliphatic rings. The second-order valence-electron chi connectivity index (χ2n) is 8.10. The molecule has 0 fully saturated rings. The number of H-pyrrole nitrogens is 2. The first-order valence-electron chi connectivity index (χ1n) is 10.5. The third-order valence-electron chi connectivity index (χ3n) is 6.02. The van der Waals surface area contributed by atoms with Gasteiger partial charge in [-0.25, -0.2) is 0 Å². The smallest absolute Gasteiger partial charge is 0.128 e. The van der Waals surface area contributed by atoms with Crippen LogP contribution in [0.5, 0.6) is 5.75 Å². The van der Waals surface area contributed by atoms with Gasteiger partial charge >= 0.3 is 0 Å². The van der Waals surface area contributed by atoms with Crippen molar-refractivity contribution in [3.8, 4) is 5.75 Å². The van der Waals surface area contributed by atoms with Gasteiger partial charge in [0, 0.05) is 59.4 Å². The van der Waals surface area contributed by atoms with E-state index >= 15 is 0 Å². The fourth-order valence-electron chi connectivity index (χ4n) is 4.41. The van der Waals surface area contributed by atoms with Gasteiger partial charge in [0.25, 0.3) is 0 Å². The number of nitrogens with zero attached hydrogens (tertiary/aromatic N) is 1. The van der Waals surface area contributed by atoms with Crippen molar-refractivity contribution in [3.63, 3.8) is 0 Å². The molecular formula is C25H27N3O2. The van der Waals surface area contributed by atoms with Crippen molar-refractivity contribution < 1.29 is 9.84 Å². The van der Waals surface area contributed by atoms with Crippen molar-refractivity contribution in [1.29, 1.82) is 0 Å². The molecule has 1 aliphatic heterocycles. The highest BCUT2D eigenvalue weighted by Gasteiger charge is 2.18. The van der Waals surface area contributed by atoms with E-state index < -0.39 is 6.10 Å². The number of hydrogen-bond donors (Lipinski definition) is 3. The molecule has 0 aliphatic carbocycles. The zero-order chi connectivity index (χ0) is 20.5. The lowest BCUT2D eigenvalue weighted by atomic mass is 9.98. The third-order valence-corrected chi connectivity index (χ3v) is 6.02. The van der Waals surface area contributed by atoms with Crippen LogP contribution in [-0.2, 0) is 0 Å². The Bertz CT molecular complexity index is 1200. The summed E-state index contributed by atoms with van der Waals surface area (Å²) in [6.45, 7) is 4.82. The van der Waals surface area contributed by atoms with Crippen molar-refractivity contribution in [2.24, 2.45) is 0 Å². The number of aliphatic hydroxyl groups excluding tert-OH is 1. The summed E-state index contributed by atoms with van der Waals surface area (Å²) in [7, 11) is 0. The van der Waals surface area contributed by atoms with Crippen molar-refractivity contribution in [2.75, 3.05) is 26.2 Å². The number of aromatic nitrogens is 2. The molecule has 0 unspecified atom stereocenters. The standard InChI is InChI=1S/C25H27N3O2/c1-17-4-2-5-20-22(14-27-25(17)20)18-9-12-28(13-10-18)15-19(29)16-30-24-7-3-6-23-21(24)8-11-26-23/h2-9,11,14,19,26-27,29H,10,12-13,15-16H2,1H3/t19-/m0/s1. The highest BCUT2D eigenvalue weighted by molar-refractivity contribution is 5.94. The van der Waals surface area contributed by atoms with Crippen LogP contribution in [-0.4, -0.2) is 52.3 Å². The van der Waals surface area contributed by atoms with Crippen LogP contribution in [0.1, 0.15) is 17.5 Å². The second-order valence-corrected chi connectivity index (χ2v) is 8.10. The lowest BCUT2D eigenvalue weighted by Gasteiger charge is -2.28. The van der Waals surface area contributed by atoms with Crippen LogP contribution in [0.15, 0.2) is 60.9 Å². The molecule has 2 aromatic heterocycles. The fourth-order valence-corrected chi connectivity index (χ4v) is 4.41. The first-order chi connectivity index (χ1) is 14.7. The zero-order valence-electron chi connectivity index (χ0n) is 17.2. The topological polar surface area (TPSA) is 64.3 Å². The summed E-state index contributed by atoms with van der Waals surface area (Å²) in [6.07, 6.45) is 6.79. The minimum atomic E-state index is -0.523. The van der Waals surface area contributed by atoms with Crippen molar-refractivity contribution in [2.45, 2.75) is 19.4 Å². The van der Waals surface area contributed by atoms with Gasteiger partial charge in [0.15, 0.2) is 0 Å². The number of aromatic amines is 2. The van der Waals surface area contributed by atoms with Gasteiger partial charge in [-0.1, -0.05) is 30.3 Å². The summed E-state index contributed by atoms with van der Waals surface area (Å²) in [5.41, 5.74) is 6.23. The molecule has 0 bridgehead atoms. The summed E-state index contributed by atoms with van der Waals surface area (Å²) in [5, 5.41) is 12.8. The van der Waals surface area contributed by atoms with E-state index in [-0.39, 0.29) is 0 Å². The highest BCUT2D eigenvalue weighted by Crippen LogP contribution is 2.30. The molecule has 5 rings (SSSR count). The van der Waals surface area contributed by atoms with Gasteiger partial charge in [0.2, 0.25) is 0 Å². The molecule has 0 radical (unpaired) electrons. The molecule has 0 spiro atoms. The Morgan fingerprint density at radius 2 is 2.00 bits per heavy atom. The zero-order valence-corrected chi connectivity index (χ0v) is 17.2. The van der Waals surface area contributed by atoms with Crippen LogP contribution in [0.4, 0.5) is 0 Å². The molecule has 154 valence electrons. The molecule has 0 saturated heterocycles. The third kappa shape index (κ3) is 3.62. The Hall–Kier alpha value is -3.02. The van der Waals surface area contributed by atoms with Gasteiger partial charge < -0.3 is 19.8 Å². The van der Waals surface area contributed by atoms with Crippen molar-refractivity contribution >= 4 is 27.4 Å². The number of aliphatic hydroxyl groups is 1. The van der Waals surface area contributed by atoms with E-state index in [2.05, 4.69) is 52.3 Å². The van der Waals surface area contributed by atoms with Crippen LogP contribution in [0, 0.1) is 6.92 Å². The van der Waals surface area contributed by atoms with E-state index in [9.17, 15) is 5.11 Å². The monoisotopic (exact) mass is 401 g/mol. The minimum absolute atomic E-state index is 0.291. The summed E-state index contributed by atoms with van der Waals surface area (Å²) in [6, 6.07) is 14.4. The number of hydrogen-bond acceptors (Lipinski definition) is 3. The predicted molar refractivity (Wildman–Crippen MR) is 122 cm³/mol. The first kappa shape index (κ1) is 19.0. The first-order valence-corrected chi connectivity index (χ1v) is 10.5. The summed E-state index contributed by atoms with van der Waals surface area (Å²) in [5.74, 6) is 0.809. The SMILES string of the molecule is Cc1cccc2c(C3=CCN(C[C@H](O)COc4cccc5[nH]ccc45)CC3)c[nH]c12. The summed E-state index contributed by atoms with van der Waals surface area (Å²) in [4.78, 5) is 8.90. The van der Waals surface area contributed by atoms with Crippen LogP contribution in [0.3, 0.4) is 0 Å². The molecule has 1 atom stereocenters. The summed E-state index contributed by atoms with van der Waals surface area (Å²) >= 11 is 0. The maximum absolute atomic E-state index is 10.5. The van der Waals surface area contributed by atoms with Gasteiger partial charge in [0.1, 0.15) is 18.5 Å². The molecule has 2 aromatic carbocycles. The van der Waals surface area contributed by atoms with Gasteiger partial charge in [-0.3, -0.25) is 4.90 Å². The van der Waals surface area contributed by atoms with Crippen LogP contribution >= 0.6 is 0 Å². The van der Waals surface area contributed by atoms with Gasteiger partial charge in [0.05, 0.1) is 0 Å². The quantitative estimate of drug-likeness (QED) is 0.446. The molecule has 3 heterocycles. The Labute approximate surface area is 176 Å². The van der Waals surface area contributed by atoms with E-state index in [1.165, 1.54) is 27.6 Å². The van der Waals surface area contributed by atoms with E-state index in [1.54, 1.807) is 0 Å². The number of para-hydroxylation sites is 1. The van der Waals surface area contributed by atoms with Gasteiger partial charge in [-0.15, -0.1) is 0 Å². The Kier molecular flexibility index (Phi) is 5.07. The van der Waals surface area contributed by atoms with E-state index in [1.807, 2.05) is 30.5 Å². The molecule has 0 amide bonds. The number of β-amino-alcohol motifs (C(OH)–C–C–N with tert-alkyl or cyclic N) is 1. The number of rotatable bonds is 6. The maximum atomic E-state index is 10.5. The number of ether oxygens (including phenoxy) is 1. The van der Waals surface area contributed by atoms with E-state index in [0.717, 1.165) is 36.2 Å². The Morgan fingerprint density at radius 1 is 1.10 bits per heavy atom. The summed E-state index contributed by atoms with van der Waals surface area (Å²) < 4.78 is 5.90. The molecule has 0 saturated carbocycles. The number of benzene rings is 2. The van der Waals surface area contributed by atoms with E-state index in [0.29, 0.717) is 13.2 Å². The molecule has 4 aromatic rings. The van der Waals surface area contributed by atoms with Crippen LogP contribution in [0.25, 0.3) is 27.4 Å².